The molecule has 1 radical (unpaired) electrons. The zero-order valence-electron chi connectivity index (χ0n) is 15.1. The fourth-order valence-corrected chi connectivity index (χ4v) is 2.55. The molecule has 0 amide bonds. The molecule has 4 nitrogen and oxygen atoms in total. The van der Waals surface area contributed by atoms with Crippen molar-refractivity contribution in [2.75, 3.05) is 0 Å². The van der Waals surface area contributed by atoms with Crippen LogP contribution in [-0.2, 0) is 10.4 Å². The van der Waals surface area contributed by atoms with Gasteiger partial charge in [0.2, 0.25) is 0 Å². The Bertz CT molecular complexity index is 292. The van der Waals surface area contributed by atoms with Crippen molar-refractivity contribution in [1.29, 1.82) is 0 Å². The third-order valence-corrected chi connectivity index (χ3v) is 3.85. The van der Waals surface area contributed by atoms with Crippen LogP contribution >= 0.6 is 0 Å². The van der Waals surface area contributed by atoms with Gasteiger partial charge in [-0.25, -0.2) is 0 Å². The molecule has 0 aromatic rings. The zero-order chi connectivity index (χ0) is 17.8. The Hall–Kier alpha value is 2.87. The molecular formula is C18H42Na3O4S. The topological polar surface area (TPSA) is 74.6 Å². The summed E-state index contributed by atoms with van der Waals surface area (Å²) in [6.45, 7) is 6.18. The van der Waals surface area contributed by atoms with Gasteiger partial charge in [0.25, 0.3) is 0 Å². The Labute approximate surface area is 230 Å². The summed E-state index contributed by atoms with van der Waals surface area (Å²) in [5.74, 6) is 0. The first kappa shape index (κ1) is 39.4. The SMILES string of the molecule is O=S(=O)(O)O.[CH2]CCCCCCCCCCCCCCCCC.[NaH].[NaH].[NaH]. The van der Waals surface area contributed by atoms with Crippen molar-refractivity contribution in [2.24, 2.45) is 0 Å². The molecule has 0 aliphatic carbocycles. The Morgan fingerprint density at radius 3 is 0.962 bits per heavy atom. The van der Waals surface area contributed by atoms with Gasteiger partial charge in [-0.2, -0.15) is 8.42 Å². The summed E-state index contributed by atoms with van der Waals surface area (Å²) in [7, 11) is -4.67. The molecule has 147 valence electrons. The van der Waals surface area contributed by atoms with Gasteiger partial charge in [0.1, 0.15) is 0 Å². The molecule has 0 fully saturated rings. The number of rotatable bonds is 15. The van der Waals surface area contributed by atoms with E-state index in [1.165, 1.54) is 96.3 Å². The van der Waals surface area contributed by atoms with E-state index < -0.39 is 10.4 Å². The number of hydrogen-bond acceptors (Lipinski definition) is 2. The molecule has 0 atom stereocenters. The first-order chi connectivity index (χ1) is 10.9. The third kappa shape index (κ3) is 56.3. The summed E-state index contributed by atoms with van der Waals surface area (Å²) in [5.41, 5.74) is 0. The van der Waals surface area contributed by atoms with Gasteiger partial charge in [-0.1, -0.05) is 117 Å². The standard InChI is InChI=1S/C18H37.3Na.H2O4S.3H/c1-3-5-7-9-11-13-15-17-18-16-14-12-10-8-6-4-2;;;;1-5(2,3)4;;;/h1,3-18H2,2H3;;;;(H2,1,2,3,4);;;. The van der Waals surface area contributed by atoms with Gasteiger partial charge < -0.3 is 0 Å². The van der Waals surface area contributed by atoms with Crippen LogP contribution in [0.3, 0.4) is 0 Å². The third-order valence-electron chi connectivity index (χ3n) is 3.85. The van der Waals surface area contributed by atoms with Crippen LogP contribution in [0.25, 0.3) is 0 Å². The quantitative estimate of drug-likeness (QED) is 0.231. The molecule has 0 heterocycles. The van der Waals surface area contributed by atoms with Gasteiger partial charge in [-0.3, -0.25) is 9.11 Å². The van der Waals surface area contributed by atoms with E-state index in [1.807, 2.05) is 0 Å². The van der Waals surface area contributed by atoms with Crippen molar-refractivity contribution in [3.63, 3.8) is 0 Å². The van der Waals surface area contributed by atoms with Crippen molar-refractivity contribution in [3.05, 3.63) is 6.92 Å². The molecule has 0 rings (SSSR count). The van der Waals surface area contributed by atoms with E-state index in [0.29, 0.717) is 0 Å². The van der Waals surface area contributed by atoms with Crippen LogP contribution in [0, 0.1) is 6.92 Å². The molecule has 0 bridgehead atoms. The van der Waals surface area contributed by atoms with Crippen LogP contribution in [0.1, 0.15) is 110 Å². The Morgan fingerprint density at radius 1 is 0.577 bits per heavy atom. The molecular weight excluding hydrogens is 381 g/mol. The maximum absolute atomic E-state index is 8.74. The predicted molar refractivity (Wildman–Crippen MR) is 121 cm³/mol. The fourth-order valence-electron chi connectivity index (χ4n) is 2.55. The van der Waals surface area contributed by atoms with Crippen LogP contribution in [-0.4, -0.2) is 106 Å². The molecule has 8 heteroatoms. The Morgan fingerprint density at radius 2 is 0.769 bits per heavy atom. The van der Waals surface area contributed by atoms with Gasteiger partial charge in [0.05, 0.1) is 0 Å². The minimum absolute atomic E-state index is 0. The number of unbranched alkanes of at least 4 members (excludes halogenated alkanes) is 15. The van der Waals surface area contributed by atoms with Gasteiger partial charge in [-0.15, -0.1) is 0 Å². The molecule has 0 unspecified atom stereocenters. The molecule has 0 aliphatic rings. The first-order valence-corrected chi connectivity index (χ1v) is 10.8. The molecule has 26 heavy (non-hydrogen) atoms. The molecule has 0 spiro atoms. The second kappa shape index (κ2) is 32.5. The summed E-state index contributed by atoms with van der Waals surface area (Å²) in [6.07, 6.45) is 22.8. The summed E-state index contributed by atoms with van der Waals surface area (Å²) in [5, 5.41) is 0. The second-order valence-electron chi connectivity index (χ2n) is 6.25. The molecule has 0 saturated carbocycles. The Balaban J connectivity index is -0.000000162. The fraction of sp³-hybridized carbons (Fsp3) is 0.944. The second-order valence-corrected chi connectivity index (χ2v) is 7.15. The first-order valence-electron chi connectivity index (χ1n) is 9.41. The minimum atomic E-state index is -4.67. The summed E-state index contributed by atoms with van der Waals surface area (Å²) in [4.78, 5) is 0. The van der Waals surface area contributed by atoms with Crippen LogP contribution in [0.4, 0.5) is 0 Å². The van der Waals surface area contributed by atoms with Gasteiger partial charge in [0.15, 0.2) is 0 Å². The molecule has 0 saturated heterocycles. The van der Waals surface area contributed by atoms with Crippen molar-refractivity contribution < 1.29 is 17.5 Å². The van der Waals surface area contributed by atoms with E-state index >= 15 is 0 Å². The van der Waals surface area contributed by atoms with Gasteiger partial charge >= 0.3 is 99.1 Å². The van der Waals surface area contributed by atoms with Crippen molar-refractivity contribution in [2.45, 2.75) is 110 Å². The van der Waals surface area contributed by atoms with Crippen molar-refractivity contribution >= 4 is 99.1 Å². The van der Waals surface area contributed by atoms with E-state index in [9.17, 15) is 0 Å². The van der Waals surface area contributed by atoms with E-state index in [-0.39, 0.29) is 88.7 Å². The van der Waals surface area contributed by atoms with Crippen LogP contribution in [0.15, 0.2) is 0 Å². The predicted octanol–water partition coefficient (Wildman–Crippen LogP) is 4.48. The monoisotopic (exact) mass is 423 g/mol. The average molecular weight is 424 g/mol. The van der Waals surface area contributed by atoms with Gasteiger partial charge in [0, 0.05) is 0 Å². The van der Waals surface area contributed by atoms with Gasteiger partial charge in [-0.05, 0) is 0 Å². The molecule has 0 aromatic carbocycles. The van der Waals surface area contributed by atoms with E-state index in [1.54, 1.807) is 0 Å². The Kier molecular flexibility index (Phi) is 49.2. The normalized spacial score (nSPS) is 9.85. The summed E-state index contributed by atoms with van der Waals surface area (Å²) >= 11 is 0. The van der Waals surface area contributed by atoms with Crippen LogP contribution < -0.4 is 0 Å². The maximum atomic E-state index is 8.74. The van der Waals surface area contributed by atoms with E-state index in [4.69, 9.17) is 17.5 Å². The van der Waals surface area contributed by atoms with E-state index in [0.717, 1.165) is 6.42 Å². The van der Waals surface area contributed by atoms with Crippen molar-refractivity contribution in [1.82, 2.24) is 0 Å². The molecule has 2 N–H and O–H groups in total. The van der Waals surface area contributed by atoms with Crippen molar-refractivity contribution in [3.8, 4) is 0 Å². The average Bonchev–Trinajstić information content (AvgIpc) is 2.46. The van der Waals surface area contributed by atoms with E-state index in [2.05, 4.69) is 13.8 Å². The van der Waals surface area contributed by atoms with Crippen LogP contribution in [0.5, 0.6) is 0 Å². The zero-order valence-corrected chi connectivity index (χ0v) is 16.0. The summed E-state index contributed by atoms with van der Waals surface area (Å²) in [6, 6.07) is 0. The molecule has 0 aliphatic heterocycles. The molecule has 0 aromatic heterocycles. The van der Waals surface area contributed by atoms with Crippen LogP contribution in [0.2, 0.25) is 0 Å². The summed E-state index contributed by atoms with van der Waals surface area (Å²) < 4.78 is 31.6. The number of hydrogen-bond donors (Lipinski definition) is 2.